The monoisotopic (exact) mass is 308 g/mol. The molecule has 0 bridgehead atoms. The fraction of sp³-hybridized carbons (Fsp3) is 0.471. The lowest BCUT2D eigenvalue weighted by atomic mass is 9.93. The van der Waals surface area contributed by atoms with Crippen LogP contribution < -0.4 is 10.2 Å². The third-order valence-corrected chi connectivity index (χ3v) is 4.20. The molecule has 1 atom stereocenters. The molecule has 4 heteroatoms. The van der Waals surface area contributed by atoms with Gasteiger partial charge in [0.1, 0.15) is 0 Å². The summed E-state index contributed by atoms with van der Waals surface area (Å²) >= 11 is 6.38. The van der Waals surface area contributed by atoms with Gasteiger partial charge in [-0.1, -0.05) is 32.0 Å². The maximum Gasteiger partial charge on any atom is 0.211 e. The van der Waals surface area contributed by atoms with E-state index in [0.29, 0.717) is 24.4 Å². The van der Waals surface area contributed by atoms with E-state index in [-0.39, 0.29) is 0 Å². The van der Waals surface area contributed by atoms with Crippen LogP contribution in [-0.2, 0) is 4.79 Å². The van der Waals surface area contributed by atoms with Crippen molar-refractivity contribution in [1.82, 2.24) is 5.32 Å². The summed E-state index contributed by atoms with van der Waals surface area (Å²) in [5.74, 6) is 0.515. The van der Waals surface area contributed by atoms with Crippen LogP contribution >= 0.6 is 11.6 Å². The summed E-state index contributed by atoms with van der Waals surface area (Å²) in [7, 11) is 2.01. The molecule has 0 spiro atoms. The Labute approximate surface area is 133 Å². The van der Waals surface area contributed by atoms with Crippen LogP contribution in [0.5, 0.6) is 0 Å². The van der Waals surface area contributed by atoms with E-state index < -0.39 is 0 Å². The van der Waals surface area contributed by atoms with E-state index >= 15 is 0 Å². The van der Waals surface area contributed by atoms with Crippen molar-refractivity contribution in [3.63, 3.8) is 0 Å². The molecule has 0 aliphatic rings. The lowest BCUT2D eigenvalue weighted by Crippen LogP contribution is -2.22. The van der Waals surface area contributed by atoms with Crippen LogP contribution in [0.2, 0.25) is 5.02 Å². The molecule has 1 amide bonds. The summed E-state index contributed by atoms with van der Waals surface area (Å²) in [4.78, 5) is 12.5. The summed E-state index contributed by atoms with van der Waals surface area (Å²) in [6.07, 6.45) is 2.45. The normalized spacial score (nSPS) is 11.9. The fourth-order valence-corrected chi connectivity index (χ4v) is 2.66. The van der Waals surface area contributed by atoms with Gasteiger partial charge < -0.3 is 10.2 Å². The van der Waals surface area contributed by atoms with Crippen molar-refractivity contribution in [2.45, 2.75) is 39.5 Å². The number of anilines is 1. The van der Waals surface area contributed by atoms with Crippen molar-refractivity contribution >= 4 is 23.7 Å². The molecule has 0 heterocycles. The minimum atomic E-state index is 0.515. The number of aryl methyl sites for hydroxylation is 1. The molecule has 3 nitrogen and oxygen atoms in total. The molecule has 1 N–H and O–H groups in total. The molecule has 0 aliphatic carbocycles. The molecule has 0 radical (unpaired) electrons. The molecular formula is C17H25ClN2O. The predicted molar refractivity (Wildman–Crippen MR) is 91.1 cm³/mol. The Morgan fingerprint density at radius 2 is 2.19 bits per heavy atom. The number of benzene rings is 1. The van der Waals surface area contributed by atoms with Gasteiger partial charge in [-0.3, -0.25) is 4.79 Å². The van der Waals surface area contributed by atoms with Gasteiger partial charge >= 0.3 is 0 Å². The SMILES string of the molecule is C=C(CCN(C)c1cc(C(C)CC)c(C)cc1Cl)NC=O. The van der Waals surface area contributed by atoms with E-state index in [0.717, 1.165) is 23.7 Å². The van der Waals surface area contributed by atoms with Crippen molar-refractivity contribution in [2.24, 2.45) is 0 Å². The Kier molecular flexibility index (Phi) is 6.76. The molecule has 0 saturated carbocycles. The van der Waals surface area contributed by atoms with E-state index in [1.165, 1.54) is 11.1 Å². The van der Waals surface area contributed by atoms with Crippen molar-refractivity contribution in [3.8, 4) is 0 Å². The second-order valence-corrected chi connectivity index (χ2v) is 5.91. The molecular weight excluding hydrogens is 284 g/mol. The van der Waals surface area contributed by atoms with Gasteiger partial charge in [-0.25, -0.2) is 0 Å². The second kappa shape index (κ2) is 8.08. The van der Waals surface area contributed by atoms with Crippen LogP contribution in [-0.4, -0.2) is 20.0 Å². The van der Waals surface area contributed by atoms with Gasteiger partial charge in [0.15, 0.2) is 0 Å². The van der Waals surface area contributed by atoms with Crippen LogP contribution in [0.15, 0.2) is 24.4 Å². The quantitative estimate of drug-likeness (QED) is 0.728. The zero-order valence-corrected chi connectivity index (χ0v) is 14.1. The molecule has 1 rings (SSSR count). The number of hydrogen-bond donors (Lipinski definition) is 1. The first-order chi connectivity index (χ1) is 9.90. The third kappa shape index (κ3) is 4.78. The lowest BCUT2D eigenvalue weighted by Gasteiger charge is -2.24. The molecule has 0 aromatic heterocycles. The van der Waals surface area contributed by atoms with Crippen molar-refractivity contribution in [2.75, 3.05) is 18.5 Å². The van der Waals surface area contributed by atoms with Gasteiger partial charge in [0, 0.05) is 25.7 Å². The van der Waals surface area contributed by atoms with Crippen LogP contribution in [0, 0.1) is 6.92 Å². The highest BCUT2D eigenvalue weighted by atomic mass is 35.5. The van der Waals surface area contributed by atoms with E-state index in [9.17, 15) is 4.79 Å². The number of carbonyl (C=O) groups is 1. The van der Waals surface area contributed by atoms with E-state index in [2.05, 4.69) is 43.6 Å². The number of halogens is 1. The molecule has 1 aromatic rings. The highest BCUT2D eigenvalue weighted by Crippen LogP contribution is 2.33. The lowest BCUT2D eigenvalue weighted by molar-refractivity contribution is -0.108. The van der Waals surface area contributed by atoms with Gasteiger partial charge in [0.2, 0.25) is 6.41 Å². The first kappa shape index (κ1) is 17.6. The van der Waals surface area contributed by atoms with E-state index in [1.807, 2.05) is 13.1 Å². The largest absolute Gasteiger partial charge is 0.373 e. The van der Waals surface area contributed by atoms with Gasteiger partial charge in [0.25, 0.3) is 0 Å². The highest BCUT2D eigenvalue weighted by molar-refractivity contribution is 6.33. The number of rotatable bonds is 8. The van der Waals surface area contributed by atoms with E-state index in [1.54, 1.807) is 0 Å². The molecule has 0 saturated heterocycles. The Balaban J connectivity index is 2.90. The number of amides is 1. The summed E-state index contributed by atoms with van der Waals surface area (Å²) in [5, 5.41) is 3.34. The summed E-state index contributed by atoms with van der Waals surface area (Å²) in [6.45, 7) is 11.1. The van der Waals surface area contributed by atoms with Gasteiger partial charge in [-0.05, 0) is 42.5 Å². The summed E-state index contributed by atoms with van der Waals surface area (Å²) < 4.78 is 0. The fourth-order valence-electron chi connectivity index (χ4n) is 2.30. The molecule has 1 unspecified atom stereocenters. The smallest absolute Gasteiger partial charge is 0.211 e. The number of hydrogen-bond acceptors (Lipinski definition) is 2. The third-order valence-electron chi connectivity index (χ3n) is 3.90. The minimum Gasteiger partial charge on any atom is -0.373 e. The predicted octanol–water partition coefficient (Wildman–Crippen LogP) is 4.25. The average Bonchev–Trinajstić information content (AvgIpc) is 2.44. The minimum absolute atomic E-state index is 0.515. The maximum atomic E-state index is 10.4. The van der Waals surface area contributed by atoms with Crippen LogP contribution in [0.4, 0.5) is 5.69 Å². The average molecular weight is 309 g/mol. The Hall–Kier alpha value is -1.48. The molecule has 1 aromatic carbocycles. The Morgan fingerprint density at radius 1 is 1.52 bits per heavy atom. The van der Waals surface area contributed by atoms with Crippen LogP contribution in [0.25, 0.3) is 0 Å². The maximum absolute atomic E-state index is 10.4. The second-order valence-electron chi connectivity index (χ2n) is 5.51. The summed E-state index contributed by atoms with van der Waals surface area (Å²) in [5.41, 5.74) is 4.31. The van der Waals surface area contributed by atoms with Crippen molar-refractivity contribution in [3.05, 3.63) is 40.6 Å². The highest BCUT2D eigenvalue weighted by Gasteiger charge is 2.13. The molecule has 21 heavy (non-hydrogen) atoms. The zero-order valence-electron chi connectivity index (χ0n) is 13.4. The zero-order chi connectivity index (χ0) is 16.0. The summed E-state index contributed by atoms with van der Waals surface area (Å²) in [6, 6.07) is 4.22. The van der Waals surface area contributed by atoms with Crippen LogP contribution in [0.3, 0.4) is 0 Å². The van der Waals surface area contributed by atoms with Crippen molar-refractivity contribution < 1.29 is 4.79 Å². The first-order valence-corrected chi connectivity index (χ1v) is 7.67. The first-order valence-electron chi connectivity index (χ1n) is 7.29. The topological polar surface area (TPSA) is 32.3 Å². The van der Waals surface area contributed by atoms with E-state index in [4.69, 9.17) is 11.6 Å². The molecule has 116 valence electrons. The Morgan fingerprint density at radius 3 is 2.76 bits per heavy atom. The van der Waals surface area contributed by atoms with Crippen molar-refractivity contribution in [1.29, 1.82) is 0 Å². The number of carbonyl (C=O) groups excluding carboxylic acids is 1. The van der Waals surface area contributed by atoms with Gasteiger partial charge in [-0.15, -0.1) is 0 Å². The van der Waals surface area contributed by atoms with Gasteiger partial charge in [-0.2, -0.15) is 0 Å². The number of nitrogens with zero attached hydrogens (tertiary/aromatic N) is 1. The molecule has 0 aliphatic heterocycles. The van der Waals surface area contributed by atoms with Gasteiger partial charge in [0.05, 0.1) is 10.7 Å². The van der Waals surface area contributed by atoms with Crippen LogP contribution in [0.1, 0.15) is 43.7 Å². The number of nitrogens with one attached hydrogen (secondary N) is 1. The molecule has 0 fully saturated rings. The Bertz CT molecular complexity index is 514. The standard InChI is InChI=1S/C17H25ClN2O/c1-6-12(2)15-10-17(16(18)9-13(15)3)20(5)8-7-14(4)19-11-21/h9-12H,4,6-8H2,1-3,5H3,(H,19,21).